The Morgan fingerprint density at radius 2 is 1.92 bits per heavy atom. The standard InChI is InChI=1S/C18H14FN5OS/c19-12-6-2-4-8-14(12)20-15(25)9-10-26-18-22-17-16(23-24-18)11-5-1-3-7-13(11)21-17/h1-8H,9-10H2,(H,20,25)(H,21,22,24). The van der Waals surface area contributed by atoms with Gasteiger partial charge in [-0.25, -0.2) is 9.37 Å². The second-order valence-corrected chi connectivity index (χ2v) is 6.65. The number of benzene rings is 2. The van der Waals surface area contributed by atoms with Crippen LogP contribution in [0.15, 0.2) is 53.7 Å². The summed E-state index contributed by atoms with van der Waals surface area (Å²) < 4.78 is 13.5. The van der Waals surface area contributed by atoms with E-state index in [4.69, 9.17) is 0 Å². The molecule has 130 valence electrons. The van der Waals surface area contributed by atoms with Crippen LogP contribution in [0.25, 0.3) is 22.1 Å². The number of halogens is 1. The Morgan fingerprint density at radius 3 is 2.81 bits per heavy atom. The van der Waals surface area contributed by atoms with E-state index >= 15 is 0 Å². The Balaban J connectivity index is 1.39. The third-order valence-corrected chi connectivity index (χ3v) is 4.65. The minimum atomic E-state index is -0.453. The molecule has 4 rings (SSSR count). The molecule has 2 aromatic heterocycles. The van der Waals surface area contributed by atoms with Crippen molar-refractivity contribution in [1.82, 2.24) is 20.2 Å². The lowest BCUT2D eigenvalue weighted by atomic mass is 10.2. The fourth-order valence-corrected chi connectivity index (χ4v) is 3.30. The number of thioether (sulfide) groups is 1. The highest BCUT2D eigenvalue weighted by molar-refractivity contribution is 7.99. The third-order valence-electron chi connectivity index (χ3n) is 3.81. The molecule has 0 atom stereocenters. The topological polar surface area (TPSA) is 83.6 Å². The number of para-hydroxylation sites is 2. The molecule has 0 saturated carbocycles. The first kappa shape index (κ1) is 16.5. The van der Waals surface area contributed by atoms with Gasteiger partial charge in [-0.3, -0.25) is 4.79 Å². The molecule has 8 heteroatoms. The van der Waals surface area contributed by atoms with Crippen LogP contribution in [-0.4, -0.2) is 31.8 Å². The van der Waals surface area contributed by atoms with Gasteiger partial charge in [0.25, 0.3) is 0 Å². The smallest absolute Gasteiger partial charge is 0.225 e. The van der Waals surface area contributed by atoms with Crippen LogP contribution in [0.2, 0.25) is 0 Å². The normalized spacial score (nSPS) is 11.1. The third kappa shape index (κ3) is 3.36. The summed E-state index contributed by atoms with van der Waals surface area (Å²) in [6.07, 6.45) is 0.215. The van der Waals surface area contributed by atoms with Crippen LogP contribution in [-0.2, 0) is 4.79 Å². The Kier molecular flexibility index (Phi) is 4.49. The molecular formula is C18H14FN5OS. The summed E-state index contributed by atoms with van der Waals surface area (Å²) in [5, 5.41) is 12.4. The molecule has 26 heavy (non-hydrogen) atoms. The highest BCUT2D eigenvalue weighted by Gasteiger charge is 2.10. The zero-order valence-electron chi connectivity index (χ0n) is 13.6. The van der Waals surface area contributed by atoms with Crippen molar-refractivity contribution in [2.75, 3.05) is 11.1 Å². The minimum Gasteiger partial charge on any atom is -0.338 e. The van der Waals surface area contributed by atoms with Gasteiger partial charge in [0, 0.05) is 23.1 Å². The molecule has 2 N–H and O–H groups in total. The van der Waals surface area contributed by atoms with E-state index < -0.39 is 5.82 Å². The first-order chi connectivity index (χ1) is 12.7. The van der Waals surface area contributed by atoms with Crippen molar-refractivity contribution in [1.29, 1.82) is 0 Å². The number of rotatable bonds is 5. The average molecular weight is 367 g/mol. The number of hydrogen-bond acceptors (Lipinski definition) is 5. The van der Waals surface area contributed by atoms with E-state index in [2.05, 4.69) is 25.5 Å². The van der Waals surface area contributed by atoms with Gasteiger partial charge in [-0.05, 0) is 18.2 Å². The van der Waals surface area contributed by atoms with E-state index in [1.165, 1.54) is 23.9 Å². The van der Waals surface area contributed by atoms with Gasteiger partial charge in [0.1, 0.15) is 11.3 Å². The van der Waals surface area contributed by atoms with Crippen LogP contribution < -0.4 is 5.32 Å². The van der Waals surface area contributed by atoms with Gasteiger partial charge in [0.05, 0.1) is 5.69 Å². The van der Waals surface area contributed by atoms with Crippen molar-refractivity contribution in [3.8, 4) is 0 Å². The quantitative estimate of drug-likeness (QED) is 0.525. The number of aromatic amines is 1. The maximum Gasteiger partial charge on any atom is 0.225 e. The number of aromatic nitrogens is 4. The maximum absolute atomic E-state index is 13.5. The molecule has 4 aromatic rings. The number of amides is 1. The average Bonchev–Trinajstić information content (AvgIpc) is 3.01. The molecule has 6 nitrogen and oxygen atoms in total. The van der Waals surface area contributed by atoms with Gasteiger partial charge in [-0.15, -0.1) is 10.2 Å². The zero-order valence-corrected chi connectivity index (χ0v) is 14.4. The van der Waals surface area contributed by atoms with E-state index in [0.717, 1.165) is 16.4 Å². The zero-order chi connectivity index (χ0) is 17.9. The highest BCUT2D eigenvalue weighted by atomic mass is 32.2. The predicted molar refractivity (Wildman–Crippen MR) is 99.6 cm³/mol. The number of hydrogen-bond donors (Lipinski definition) is 2. The molecule has 0 aliphatic carbocycles. The van der Waals surface area contributed by atoms with E-state index in [-0.39, 0.29) is 18.0 Å². The molecule has 0 saturated heterocycles. The van der Waals surface area contributed by atoms with Gasteiger partial charge >= 0.3 is 0 Å². The fourth-order valence-electron chi connectivity index (χ4n) is 2.58. The van der Waals surface area contributed by atoms with Gasteiger partial charge in [-0.2, -0.15) is 0 Å². The molecule has 0 radical (unpaired) electrons. The monoisotopic (exact) mass is 367 g/mol. The lowest BCUT2D eigenvalue weighted by Crippen LogP contribution is -2.13. The second kappa shape index (κ2) is 7.09. The SMILES string of the molecule is O=C(CCSc1nnc2c(n1)[nH]c1ccccc12)Nc1ccccc1F. The van der Waals surface area contributed by atoms with Crippen molar-refractivity contribution < 1.29 is 9.18 Å². The highest BCUT2D eigenvalue weighted by Crippen LogP contribution is 2.23. The summed E-state index contributed by atoms with van der Waals surface area (Å²) in [5.41, 5.74) is 2.53. The molecule has 0 aliphatic rings. The van der Waals surface area contributed by atoms with Crippen molar-refractivity contribution in [2.24, 2.45) is 0 Å². The first-order valence-electron chi connectivity index (χ1n) is 7.99. The lowest BCUT2D eigenvalue weighted by Gasteiger charge is -2.05. The molecule has 0 fully saturated rings. The summed E-state index contributed by atoms with van der Waals surface area (Å²) in [4.78, 5) is 19.6. The largest absolute Gasteiger partial charge is 0.338 e. The molecular weight excluding hydrogens is 353 g/mol. The van der Waals surface area contributed by atoms with Crippen LogP contribution >= 0.6 is 11.8 Å². The molecule has 0 aliphatic heterocycles. The molecule has 1 amide bonds. The minimum absolute atomic E-state index is 0.180. The van der Waals surface area contributed by atoms with E-state index in [9.17, 15) is 9.18 Å². The van der Waals surface area contributed by atoms with Gasteiger partial charge < -0.3 is 10.3 Å². The molecule has 0 unspecified atom stereocenters. The molecule has 2 aromatic carbocycles. The van der Waals surface area contributed by atoms with Crippen molar-refractivity contribution in [2.45, 2.75) is 11.6 Å². The van der Waals surface area contributed by atoms with Crippen LogP contribution in [0.4, 0.5) is 10.1 Å². The summed E-state index contributed by atoms with van der Waals surface area (Å²) in [6.45, 7) is 0. The number of fused-ring (bicyclic) bond motifs is 3. The number of H-pyrrole nitrogens is 1. The number of nitrogens with zero attached hydrogens (tertiary/aromatic N) is 3. The summed E-state index contributed by atoms with van der Waals surface area (Å²) in [5.74, 6) is -0.249. The van der Waals surface area contributed by atoms with Gasteiger partial charge in [0.2, 0.25) is 11.1 Å². The molecule has 2 heterocycles. The van der Waals surface area contributed by atoms with Gasteiger partial charge in [-0.1, -0.05) is 42.1 Å². The fraction of sp³-hybridized carbons (Fsp3) is 0.111. The molecule has 0 spiro atoms. The van der Waals surface area contributed by atoms with Crippen molar-refractivity contribution >= 4 is 45.4 Å². The number of anilines is 1. The van der Waals surface area contributed by atoms with Crippen molar-refractivity contribution in [3.05, 3.63) is 54.3 Å². The Morgan fingerprint density at radius 1 is 1.12 bits per heavy atom. The Labute approximate surface area is 152 Å². The molecule has 0 bridgehead atoms. The van der Waals surface area contributed by atoms with Crippen LogP contribution in [0, 0.1) is 5.82 Å². The number of carbonyl (C=O) groups is 1. The number of nitrogens with one attached hydrogen (secondary N) is 2. The Bertz CT molecular complexity index is 1100. The van der Waals surface area contributed by atoms with E-state index in [1.807, 2.05) is 24.3 Å². The van der Waals surface area contributed by atoms with Crippen LogP contribution in [0.3, 0.4) is 0 Å². The maximum atomic E-state index is 13.5. The second-order valence-electron chi connectivity index (χ2n) is 5.59. The predicted octanol–water partition coefficient (Wildman–Crippen LogP) is 3.77. The summed E-state index contributed by atoms with van der Waals surface area (Å²) in [6, 6.07) is 13.9. The van der Waals surface area contributed by atoms with Crippen LogP contribution in [0.1, 0.15) is 6.42 Å². The first-order valence-corrected chi connectivity index (χ1v) is 8.97. The summed E-state index contributed by atoms with van der Waals surface area (Å²) in [7, 11) is 0. The summed E-state index contributed by atoms with van der Waals surface area (Å²) >= 11 is 1.33. The van der Waals surface area contributed by atoms with Crippen LogP contribution in [0.5, 0.6) is 0 Å². The number of carbonyl (C=O) groups excluding carboxylic acids is 1. The van der Waals surface area contributed by atoms with Gasteiger partial charge in [0.15, 0.2) is 5.65 Å². The Hall–Kier alpha value is -3.00. The van der Waals surface area contributed by atoms with Crippen molar-refractivity contribution in [3.63, 3.8) is 0 Å². The van der Waals surface area contributed by atoms with E-state index in [1.54, 1.807) is 12.1 Å². The lowest BCUT2D eigenvalue weighted by molar-refractivity contribution is -0.115. The van der Waals surface area contributed by atoms with E-state index in [0.29, 0.717) is 16.6 Å².